The maximum Gasteiger partial charge on any atom is 0.340 e. The minimum absolute atomic E-state index is 0.158. The average Bonchev–Trinajstić information content (AvgIpc) is 2.59. The molecule has 1 aromatic heterocycles. The summed E-state index contributed by atoms with van der Waals surface area (Å²) in [5.41, 5.74) is 2.54. The molecule has 1 atom stereocenters. The van der Waals surface area contributed by atoms with E-state index in [0.29, 0.717) is 10.0 Å². The van der Waals surface area contributed by atoms with Crippen molar-refractivity contribution in [2.45, 2.75) is 26.3 Å². The molecule has 0 saturated heterocycles. The van der Waals surface area contributed by atoms with E-state index in [4.69, 9.17) is 4.74 Å². The van der Waals surface area contributed by atoms with Crippen LogP contribution in [0.15, 0.2) is 47.2 Å². The molecule has 0 spiro atoms. The van der Waals surface area contributed by atoms with E-state index in [1.54, 1.807) is 12.3 Å². The molecule has 126 valence electrons. The standard InChI is InChI=1S/C18H19BrN2O3/c1-3-13-4-6-14(7-5-13)12(2)21-17(22)11-24-18(23)15-8-16(19)10-20-9-15/h4-10,12H,3,11H2,1-2H3,(H,21,22)/t12-/m0/s1. The predicted molar refractivity (Wildman–Crippen MR) is 94.6 cm³/mol. The molecule has 2 rings (SSSR count). The lowest BCUT2D eigenvalue weighted by molar-refractivity contribution is -0.124. The molecule has 0 unspecified atom stereocenters. The van der Waals surface area contributed by atoms with Crippen LogP contribution in [0.3, 0.4) is 0 Å². The predicted octanol–water partition coefficient (Wildman–Crippen LogP) is 3.44. The fourth-order valence-electron chi connectivity index (χ4n) is 2.15. The van der Waals surface area contributed by atoms with Crippen LogP contribution in [-0.4, -0.2) is 23.5 Å². The molecule has 5 nitrogen and oxygen atoms in total. The minimum atomic E-state index is -0.584. The first-order chi connectivity index (χ1) is 11.5. The van der Waals surface area contributed by atoms with Gasteiger partial charge in [0, 0.05) is 16.9 Å². The van der Waals surface area contributed by atoms with Crippen LogP contribution in [-0.2, 0) is 16.0 Å². The highest BCUT2D eigenvalue weighted by Gasteiger charge is 2.13. The van der Waals surface area contributed by atoms with Crippen molar-refractivity contribution in [1.82, 2.24) is 10.3 Å². The van der Waals surface area contributed by atoms with Crippen LogP contribution in [0.1, 0.15) is 41.4 Å². The Balaban J connectivity index is 1.85. The second kappa shape index (κ2) is 8.59. The Hall–Kier alpha value is -2.21. The Bertz CT molecular complexity index is 716. The second-order valence-electron chi connectivity index (χ2n) is 5.35. The van der Waals surface area contributed by atoms with E-state index in [1.807, 2.05) is 31.2 Å². The number of aromatic nitrogens is 1. The van der Waals surface area contributed by atoms with Crippen LogP contribution in [0.2, 0.25) is 0 Å². The number of hydrogen-bond acceptors (Lipinski definition) is 4. The summed E-state index contributed by atoms with van der Waals surface area (Å²) >= 11 is 3.23. The van der Waals surface area contributed by atoms with Crippen LogP contribution in [0, 0.1) is 0 Å². The lowest BCUT2D eigenvalue weighted by Gasteiger charge is -2.15. The molecule has 24 heavy (non-hydrogen) atoms. The third kappa shape index (κ3) is 5.16. The van der Waals surface area contributed by atoms with Crippen LogP contribution >= 0.6 is 15.9 Å². The highest BCUT2D eigenvalue weighted by Crippen LogP contribution is 2.14. The van der Waals surface area contributed by atoms with Gasteiger partial charge in [0.1, 0.15) is 0 Å². The van der Waals surface area contributed by atoms with Crippen molar-refractivity contribution >= 4 is 27.8 Å². The molecule has 6 heteroatoms. The zero-order valence-electron chi connectivity index (χ0n) is 13.6. The van der Waals surface area contributed by atoms with Gasteiger partial charge < -0.3 is 10.1 Å². The summed E-state index contributed by atoms with van der Waals surface area (Å²) in [5, 5.41) is 2.81. The number of pyridine rings is 1. The summed E-state index contributed by atoms with van der Waals surface area (Å²) in [6.07, 6.45) is 3.93. The van der Waals surface area contributed by atoms with Crippen molar-refractivity contribution < 1.29 is 14.3 Å². The SMILES string of the molecule is CCc1ccc([C@H](C)NC(=O)COC(=O)c2cncc(Br)c2)cc1. The van der Waals surface area contributed by atoms with Crippen molar-refractivity contribution in [3.05, 3.63) is 63.9 Å². The van der Waals surface area contributed by atoms with Crippen LogP contribution in [0.25, 0.3) is 0 Å². The molecule has 1 amide bonds. The van der Waals surface area contributed by atoms with Gasteiger partial charge in [-0.15, -0.1) is 0 Å². The Labute approximate surface area is 149 Å². The molecule has 1 heterocycles. The summed E-state index contributed by atoms with van der Waals surface area (Å²) in [6.45, 7) is 3.65. The maximum atomic E-state index is 11.9. The van der Waals surface area contributed by atoms with Gasteiger partial charge in [-0.3, -0.25) is 9.78 Å². The average molecular weight is 391 g/mol. The molecule has 0 fully saturated rings. The van der Waals surface area contributed by atoms with Crippen LogP contribution < -0.4 is 5.32 Å². The lowest BCUT2D eigenvalue weighted by Crippen LogP contribution is -2.31. The zero-order chi connectivity index (χ0) is 17.5. The van der Waals surface area contributed by atoms with Crippen LogP contribution in [0.4, 0.5) is 0 Å². The number of nitrogens with one attached hydrogen (secondary N) is 1. The van der Waals surface area contributed by atoms with Crippen molar-refractivity contribution in [2.75, 3.05) is 6.61 Å². The molecule has 0 aliphatic carbocycles. The van der Waals surface area contributed by atoms with Gasteiger partial charge in [0.25, 0.3) is 5.91 Å². The molecule has 0 radical (unpaired) electrons. The number of halogens is 1. The van der Waals surface area contributed by atoms with Gasteiger partial charge in [-0.05, 0) is 46.5 Å². The highest BCUT2D eigenvalue weighted by atomic mass is 79.9. The van der Waals surface area contributed by atoms with Gasteiger partial charge in [-0.1, -0.05) is 31.2 Å². The normalized spacial score (nSPS) is 11.6. The molecule has 1 N–H and O–H groups in total. The van der Waals surface area contributed by atoms with Crippen molar-refractivity contribution in [3.63, 3.8) is 0 Å². The Morgan fingerprint density at radius 2 is 1.96 bits per heavy atom. The second-order valence-corrected chi connectivity index (χ2v) is 6.27. The van der Waals surface area contributed by atoms with Crippen molar-refractivity contribution in [2.24, 2.45) is 0 Å². The van der Waals surface area contributed by atoms with Crippen molar-refractivity contribution in [1.29, 1.82) is 0 Å². The van der Waals surface area contributed by atoms with Gasteiger partial charge in [0.15, 0.2) is 6.61 Å². The summed E-state index contributed by atoms with van der Waals surface area (Å²) in [7, 11) is 0. The van der Waals surface area contributed by atoms with E-state index in [0.717, 1.165) is 12.0 Å². The van der Waals surface area contributed by atoms with E-state index in [9.17, 15) is 9.59 Å². The maximum absolute atomic E-state index is 11.9. The molecule has 0 aliphatic heterocycles. The van der Waals surface area contributed by atoms with Gasteiger partial charge in [0.05, 0.1) is 11.6 Å². The monoisotopic (exact) mass is 390 g/mol. The molecule has 0 aliphatic rings. The number of esters is 1. The fraction of sp³-hybridized carbons (Fsp3) is 0.278. The largest absolute Gasteiger partial charge is 0.452 e. The van der Waals surface area contributed by atoms with Crippen molar-refractivity contribution in [3.8, 4) is 0 Å². The van der Waals surface area contributed by atoms with E-state index < -0.39 is 5.97 Å². The number of hydrogen-bond donors (Lipinski definition) is 1. The third-order valence-corrected chi connectivity index (χ3v) is 3.97. The number of amides is 1. The first-order valence-electron chi connectivity index (χ1n) is 7.65. The summed E-state index contributed by atoms with van der Waals surface area (Å²) in [6, 6.07) is 9.49. The summed E-state index contributed by atoms with van der Waals surface area (Å²) in [4.78, 5) is 27.7. The van der Waals surface area contributed by atoms with Gasteiger partial charge in [-0.2, -0.15) is 0 Å². The number of benzene rings is 1. The molecular weight excluding hydrogens is 372 g/mol. The Kier molecular flexibility index (Phi) is 6.49. The molecule has 0 bridgehead atoms. The van der Waals surface area contributed by atoms with E-state index >= 15 is 0 Å². The summed E-state index contributed by atoms with van der Waals surface area (Å²) < 4.78 is 5.68. The van der Waals surface area contributed by atoms with Crippen LogP contribution in [0.5, 0.6) is 0 Å². The summed E-state index contributed by atoms with van der Waals surface area (Å²) in [5.74, 6) is -0.933. The Morgan fingerprint density at radius 3 is 2.58 bits per heavy atom. The molecule has 2 aromatic rings. The first kappa shape index (κ1) is 18.1. The highest BCUT2D eigenvalue weighted by molar-refractivity contribution is 9.10. The topological polar surface area (TPSA) is 68.3 Å². The first-order valence-corrected chi connectivity index (χ1v) is 8.44. The smallest absolute Gasteiger partial charge is 0.340 e. The number of ether oxygens (including phenoxy) is 1. The molecule has 1 aromatic carbocycles. The van der Waals surface area contributed by atoms with Gasteiger partial charge in [-0.25, -0.2) is 4.79 Å². The van der Waals surface area contributed by atoms with E-state index in [2.05, 4.69) is 33.2 Å². The van der Waals surface area contributed by atoms with E-state index in [-0.39, 0.29) is 18.6 Å². The minimum Gasteiger partial charge on any atom is -0.452 e. The number of aryl methyl sites for hydroxylation is 1. The zero-order valence-corrected chi connectivity index (χ0v) is 15.2. The Morgan fingerprint density at radius 1 is 1.25 bits per heavy atom. The quantitative estimate of drug-likeness (QED) is 0.766. The number of carbonyl (C=O) groups excluding carboxylic acids is 2. The lowest BCUT2D eigenvalue weighted by atomic mass is 10.1. The van der Waals surface area contributed by atoms with Gasteiger partial charge in [0.2, 0.25) is 0 Å². The number of nitrogens with zero attached hydrogens (tertiary/aromatic N) is 1. The number of carbonyl (C=O) groups is 2. The van der Waals surface area contributed by atoms with Gasteiger partial charge >= 0.3 is 5.97 Å². The fourth-order valence-corrected chi connectivity index (χ4v) is 2.51. The third-order valence-electron chi connectivity index (χ3n) is 3.54. The molecular formula is C18H19BrN2O3. The molecule has 0 saturated carbocycles. The van der Waals surface area contributed by atoms with E-state index in [1.165, 1.54) is 11.8 Å². The number of rotatable bonds is 6.